The third-order valence-electron chi connectivity index (χ3n) is 4.40. The van der Waals surface area contributed by atoms with E-state index in [9.17, 15) is 23.6 Å². The number of imide groups is 1. The van der Waals surface area contributed by atoms with Crippen LogP contribution < -0.4 is 10.6 Å². The van der Waals surface area contributed by atoms with Crippen molar-refractivity contribution in [2.75, 3.05) is 19.6 Å². The predicted octanol–water partition coefficient (Wildman–Crippen LogP) is 2.72. The van der Waals surface area contributed by atoms with Gasteiger partial charge in [0.2, 0.25) is 5.91 Å². The topological polar surface area (TPSA) is 95.6 Å². The lowest BCUT2D eigenvalue weighted by molar-refractivity contribution is -0.124. The molecule has 3 rings (SSSR count). The second-order valence-corrected chi connectivity index (χ2v) is 7.78. The maximum absolute atomic E-state index is 13.1. The minimum absolute atomic E-state index is 0.0134. The summed E-state index contributed by atoms with van der Waals surface area (Å²) in [5.41, 5.74) is 2.01. The average Bonchev–Trinajstić information content (AvgIpc) is 3.01. The van der Waals surface area contributed by atoms with Crippen molar-refractivity contribution in [2.24, 2.45) is 0 Å². The van der Waals surface area contributed by atoms with Gasteiger partial charge < -0.3 is 10.6 Å². The molecule has 2 N–H and O–H groups in total. The molecule has 2 aromatic rings. The van der Waals surface area contributed by atoms with E-state index in [2.05, 4.69) is 10.6 Å². The van der Waals surface area contributed by atoms with E-state index < -0.39 is 28.8 Å². The molecule has 1 aliphatic heterocycles. The van der Waals surface area contributed by atoms with Crippen LogP contribution in [0.3, 0.4) is 0 Å². The van der Waals surface area contributed by atoms with Gasteiger partial charge in [0.15, 0.2) is 0 Å². The summed E-state index contributed by atoms with van der Waals surface area (Å²) in [4.78, 5) is 49.8. The Kier molecular flexibility index (Phi) is 7.19. The third kappa shape index (κ3) is 6.02. The lowest BCUT2D eigenvalue weighted by Gasteiger charge is -2.13. The number of carbonyl (C=O) groups is 4. The lowest BCUT2D eigenvalue weighted by Crippen LogP contribution is -2.41. The van der Waals surface area contributed by atoms with Crippen molar-refractivity contribution in [2.45, 2.75) is 6.92 Å². The van der Waals surface area contributed by atoms with Crippen LogP contribution in [0.15, 0.2) is 53.4 Å². The van der Waals surface area contributed by atoms with E-state index in [0.29, 0.717) is 4.91 Å². The monoisotopic (exact) mass is 441 g/mol. The molecule has 160 valence electrons. The van der Waals surface area contributed by atoms with Crippen LogP contribution in [0, 0.1) is 12.7 Å². The van der Waals surface area contributed by atoms with Crippen LogP contribution in [-0.2, 0) is 9.59 Å². The van der Waals surface area contributed by atoms with Crippen molar-refractivity contribution >= 4 is 40.8 Å². The molecule has 0 aliphatic carbocycles. The molecule has 0 unspecified atom stereocenters. The summed E-state index contributed by atoms with van der Waals surface area (Å²) in [6, 6.07) is 12.7. The van der Waals surface area contributed by atoms with Gasteiger partial charge in [-0.15, -0.1) is 0 Å². The summed E-state index contributed by atoms with van der Waals surface area (Å²) in [5.74, 6) is -2.04. The van der Waals surface area contributed by atoms with Gasteiger partial charge in [-0.2, -0.15) is 0 Å². The molecule has 4 amide bonds. The fourth-order valence-corrected chi connectivity index (χ4v) is 3.63. The van der Waals surface area contributed by atoms with E-state index in [1.54, 1.807) is 6.08 Å². The van der Waals surface area contributed by atoms with E-state index in [-0.39, 0.29) is 25.2 Å². The molecule has 1 aliphatic rings. The number of thioether (sulfide) groups is 1. The summed E-state index contributed by atoms with van der Waals surface area (Å²) in [6.45, 7) is 1.70. The Morgan fingerprint density at radius 2 is 1.84 bits per heavy atom. The zero-order chi connectivity index (χ0) is 22.4. The molecule has 0 spiro atoms. The van der Waals surface area contributed by atoms with Gasteiger partial charge >= 0.3 is 0 Å². The van der Waals surface area contributed by atoms with Gasteiger partial charge in [0.1, 0.15) is 5.82 Å². The van der Waals surface area contributed by atoms with E-state index >= 15 is 0 Å². The highest BCUT2D eigenvalue weighted by Crippen LogP contribution is 2.31. The van der Waals surface area contributed by atoms with Crippen LogP contribution in [0.1, 0.15) is 21.5 Å². The highest BCUT2D eigenvalue weighted by Gasteiger charge is 2.34. The summed E-state index contributed by atoms with van der Waals surface area (Å²) in [7, 11) is 0. The van der Waals surface area contributed by atoms with Crippen molar-refractivity contribution in [3.05, 3.63) is 75.9 Å². The highest BCUT2D eigenvalue weighted by molar-refractivity contribution is 8.18. The minimum Gasteiger partial charge on any atom is -0.353 e. The van der Waals surface area contributed by atoms with E-state index in [1.807, 2.05) is 31.2 Å². The van der Waals surface area contributed by atoms with Crippen LogP contribution in [0.2, 0.25) is 0 Å². The van der Waals surface area contributed by atoms with Crippen molar-refractivity contribution in [1.82, 2.24) is 15.5 Å². The first-order valence-electron chi connectivity index (χ1n) is 9.46. The number of aryl methyl sites for hydroxylation is 1. The third-order valence-corrected chi connectivity index (χ3v) is 5.31. The highest BCUT2D eigenvalue weighted by atomic mass is 32.2. The number of rotatable bonds is 7. The molecule has 0 saturated carbocycles. The van der Waals surface area contributed by atoms with Gasteiger partial charge in [-0.3, -0.25) is 24.1 Å². The molecule has 1 heterocycles. The molecule has 1 saturated heterocycles. The Hall–Kier alpha value is -3.46. The quantitative estimate of drug-likeness (QED) is 0.645. The molecule has 2 aromatic carbocycles. The Balaban J connectivity index is 1.46. The lowest BCUT2D eigenvalue weighted by atomic mass is 10.1. The van der Waals surface area contributed by atoms with Gasteiger partial charge in [-0.1, -0.05) is 35.9 Å². The number of hydrogen-bond acceptors (Lipinski definition) is 5. The number of hydrogen-bond donors (Lipinski definition) is 2. The molecule has 0 bridgehead atoms. The maximum atomic E-state index is 13.1. The molecule has 0 radical (unpaired) electrons. The largest absolute Gasteiger partial charge is 0.353 e. The van der Waals surface area contributed by atoms with Crippen molar-refractivity contribution in [3.8, 4) is 0 Å². The molecule has 9 heteroatoms. The number of nitrogens with zero attached hydrogens (tertiary/aromatic N) is 1. The fourth-order valence-electron chi connectivity index (χ4n) is 2.77. The minimum atomic E-state index is -0.582. The Morgan fingerprint density at radius 3 is 2.55 bits per heavy atom. The van der Waals surface area contributed by atoms with Crippen molar-refractivity contribution in [1.29, 1.82) is 0 Å². The Morgan fingerprint density at radius 1 is 1.10 bits per heavy atom. The van der Waals surface area contributed by atoms with E-state index in [4.69, 9.17) is 0 Å². The summed E-state index contributed by atoms with van der Waals surface area (Å²) in [5, 5.41) is 4.51. The first kappa shape index (κ1) is 22.2. The first-order chi connectivity index (χ1) is 14.8. The molecule has 31 heavy (non-hydrogen) atoms. The van der Waals surface area contributed by atoms with Crippen LogP contribution in [0.25, 0.3) is 6.08 Å². The van der Waals surface area contributed by atoms with Gasteiger partial charge in [-0.05, 0) is 48.5 Å². The summed E-state index contributed by atoms with van der Waals surface area (Å²) < 4.78 is 13.1. The first-order valence-corrected chi connectivity index (χ1v) is 10.3. The standard InChI is InChI=1S/C22H20FN3O4S/c1-14-5-7-15(8-6-14)11-18-21(29)26(22(30)31-18)10-9-24-19(27)13-25-20(28)16-3-2-4-17(23)12-16/h2-8,11-12H,9-10,13H2,1H3,(H,24,27)(H,25,28). The fraction of sp³-hybridized carbons (Fsp3) is 0.182. The number of carbonyl (C=O) groups excluding carboxylic acids is 4. The van der Waals surface area contributed by atoms with Crippen molar-refractivity contribution < 1.29 is 23.6 Å². The number of benzene rings is 2. The molecule has 1 fully saturated rings. The van der Waals surface area contributed by atoms with Crippen LogP contribution in [0.4, 0.5) is 9.18 Å². The van der Waals surface area contributed by atoms with Gasteiger partial charge in [0, 0.05) is 18.7 Å². The number of nitrogens with one attached hydrogen (secondary N) is 2. The van der Waals surface area contributed by atoms with Gasteiger partial charge in [0.25, 0.3) is 17.1 Å². The molecule has 0 aromatic heterocycles. The van der Waals surface area contributed by atoms with Crippen molar-refractivity contribution in [3.63, 3.8) is 0 Å². The number of halogens is 1. The predicted molar refractivity (Wildman–Crippen MR) is 116 cm³/mol. The number of amides is 4. The SMILES string of the molecule is Cc1ccc(C=C2SC(=O)N(CCNC(=O)CNC(=O)c3cccc(F)c3)C2=O)cc1. The molecule has 7 nitrogen and oxygen atoms in total. The molecule has 0 atom stereocenters. The Labute approximate surface area is 182 Å². The Bertz CT molecular complexity index is 1050. The van der Waals surface area contributed by atoms with E-state index in [1.165, 1.54) is 18.2 Å². The second-order valence-electron chi connectivity index (χ2n) is 6.79. The summed E-state index contributed by atoms with van der Waals surface area (Å²) in [6.07, 6.45) is 1.66. The van der Waals surface area contributed by atoms with Crippen LogP contribution >= 0.6 is 11.8 Å². The smallest absolute Gasteiger partial charge is 0.293 e. The van der Waals surface area contributed by atoms with Gasteiger partial charge in [0.05, 0.1) is 11.4 Å². The van der Waals surface area contributed by atoms with Crippen LogP contribution in [-0.4, -0.2) is 47.5 Å². The zero-order valence-electron chi connectivity index (χ0n) is 16.7. The second kappa shape index (κ2) is 10.0. The molecular formula is C22H20FN3O4S. The molecular weight excluding hydrogens is 421 g/mol. The maximum Gasteiger partial charge on any atom is 0.293 e. The van der Waals surface area contributed by atoms with Crippen LogP contribution in [0.5, 0.6) is 0 Å². The van der Waals surface area contributed by atoms with E-state index in [0.717, 1.165) is 33.9 Å². The summed E-state index contributed by atoms with van der Waals surface area (Å²) >= 11 is 0.851. The average molecular weight is 441 g/mol. The zero-order valence-corrected chi connectivity index (χ0v) is 17.5. The normalized spacial score (nSPS) is 14.8. The van der Waals surface area contributed by atoms with Gasteiger partial charge in [-0.25, -0.2) is 4.39 Å².